The van der Waals surface area contributed by atoms with Gasteiger partial charge in [0.15, 0.2) is 0 Å². The maximum atomic E-state index is 11.1. The van der Waals surface area contributed by atoms with Crippen molar-refractivity contribution in [2.24, 2.45) is 0 Å². The summed E-state index contributed by atoms with van der Waals surface area (Å²) in [7, 11) is 0. The number of hydrogen-bond acceptors (Lipinski definition) is 2. The van der Waals surface area contributed by atoms with Crippen molar-refractivity contribution >= 4 is 33.2 Å². The minimum atomic E-state index is -0.805. The van der Waals surface area contributed by atoms with Crippen molar-refractivity contribution in [3.8, 4) is 0 Å². The fourth-order valence-electron chi connectivity index (χ4n) is 1.87. The van der Waals surface area contributed by atoms with Crippen LogP contribution >= 0.6 is 27.3 Å². The molecule has 0 fully saturated rings. The Morgan fingerprint density at radius 3 is 2.75 bits per heavy atom. The Morgan fingerprint density at radius 2 is 2.25 bits per heavy atom. The van der Waals surface area contributed by atoms with E-state index in [1.54, 1.807) is 0 Å². The van der Waals surface area contributed by atoms with E-state index in [2.05, 4.69) is 29.8 Å². The minimum absolute atomic E-state index is 0.383. The molecule has 0 radical (unpaired) electrons. The Balaban J connectivity index is 2.94. The maximum absolute atomic E-state index is 11.1. The van der Waals surface area contributed by atoms with E-state index in [-0.39, 0.29) is 0 Å². The molecule has 1 heterocycles. The Kier molecular flexibility index (Phi) is 5.49. The third-order valence-corrected chi connectivity index (χ3v) is 4.41. The average Bonchev–Trinajstić information content (AvgIpc) is 2.62. The fraction of sp³-hybridized carbons (Fsp3) is 0.583. The van der Waals surface area contributed by atoms with Crippen LogP contribution in [0.2, 0.25) is 0 Å². The highest BCUT2D eigenvalue weighted by Gasteiger charge is 2.20. The Hall–Kier alpha value is -0.350. The van der Waals surface area contributed by atoms with Crippen molar-refractivity contribution in [1.29, 1.82) is 0 Å². The third kappa shape index (κ3) is 3.32. The second-order valence-corrected chi connectivity index (χ2v) is 6.32. The van der Waals surface area contributed by atoms with Crippen LogP contribution in [0.5, 0.6) is 0 Å². The molecular weight excluding hydrogens is 288 g/mol. The molecule has 0 saturated carbocycles. The molecular formula is C12H17BrO2S. The van der Waals surface area contributed by atoms with Gasteiger partial charge in [0.1, 0.15) is 4.88 Å². The van der Waals surface area contributed by atoms with Crippen LogP contribution in [0.25, 0.3) is 0 Å². The molecule has 0 saturated heterocycles. The van der Waals surface area contributed by atoms with E-state index in [9.17, 15) is 4.79 Å². The molecule has 4 heteroatoms. The molecule has 1 atom stereocenters. The molecule has 0 aromatic carbocycles. The second kappa shape index (κ2) is 6.40. The normalized spacial score (nSPS) is 12.7. The van der Waals surface area contributed by atoms with Gasteiger partial charge in [-0.25, -0.2) is 4.79 Å². The van der Waals surface area contributed by atoms with Gasteiger partial charge in [0.05, 0.1) is 3.79 Å². The summed E-state index contributed by atoms with van der Waals surface area (Å²) >= 11 is 4.69. The van der Waals surface area contributed by atoms with Crippen molar-refractivity contribution in [2.75, 3.05) is 0 Å². The zero-order valence-corrected chi connectivity index (χ0v) is 12.0. The van der Waals surface area contributed by atoms with Crippen molar-refractivity contribution < 1.29 is 9.90 Å². The van der Waals surface area contributed by atoms with E-state index in [0.29, 0.717) is 10.8 Å². The van der Waals surface area contributed by atoms with E-state index in [4.69, 9.17) is 5.11 Å². The van der Waals surface area contributed by atoms with Crippen molar-refractivity contribution in [2.45, 2.75) is 45.4 Å². The smallest absolute Gasteiger partial charge is 0.346 e. The van der Waals surface area contributed by atoms with Crippen molar-refractivity contribution in [1.82, 2.24) is 0 Å². The number of unbranched alkanes of at least 4 members (excludes halogenated alkanes) is 1. The van der Waals surface area contributed by atoms with Gasteiger partial charge in [-0.2, -0.15) is 0 Å². The quantitative estimate of drug-likeness (QED) is 0.812. The summed E-state index contributed by atoms with van der Waals surface area (Å²) < 4.78 is 0.912. The molecule has 0 aliphatic heterocycles. The zero-order valence-electron chi connectivity index (χ0n) is 9.62. The monoisotopic (exact) mass is 304 g/mol. The minimum Gasteiger partial charge on any atom is -0.477 e. The highest BCUT2D eigenvalue weighted by Crippen LogP contribution is 2.36. The number of halogens is 1. The first kappa shape index (κ1) is 13.7. The lowest BCUT2D eigenvalue weighted by Crippen LogP contribution is -2.03. The maximum Gasteiger partial charge on any atom is 0.346 e. The number of carbonyl (C=O) groups is 1. The topological polar surface area (TPSA) is 37.3 Å². The molecule has 0 spiro atoms. The van der Waals surface area contributed by atoms with Gasteiger partial charge < -0.3 is 5.11 Å². The van der Waals surface area contributed by atoms with Gasteiger partial charge in [0.25, 0.3) is 0 Å². The zero-order chi connectivity index (χ0) is 12.1. The van der Waals surface area contributed by atoms with E-state index in [1.807, 2.05) is 6.07 Å². The molecule has 1 rings (SSSR count). The van der Waals surface area contributed by atoms with Crippen LogP contribution in [0.4, 0.5) is 0 Å². The number of aromatic carboxylic acids is 1. The standard InChI is InChI=1S/C12H17BrO2S/c1-3-5-6-8(4-2)9-7-10(13)16-11(9)12(14)15/h7-8H,3-6H2,1-2H3,(H,14,15). The molecule has 2 nitrogen and oxygen atoms in total. The Morgan fingerprint density at radius 1 is 1.56 bits per heavy atom. The van der Waals surface area contributed by atoms with E-state index < -0.39 is 5.97 Å². The molecule has 1 aromatic heterocycles. The third-order valence-electron chi connectivity index (χ3n) is 2.76. The predicted octanol–water partition coefficient (Wildman–Crippen LogP) is 4.89. The molecule has 0 aliphatic carbocycles. The fourth-order valence-corrected chi connectivity index (χ4v) is 3.42. The Bertz CT molecular complexity index is 360. The lowest BCUT2D eigenvalue weighted by molar-refractivity contribution is 0.0700. The lowest BCUT2D eigenvalue weighted by atomic mass is 9.92. The highest BCUT2D eigenvalue weighted by atomic mass is 79.9. The molecule has 0 bridgehead atoms. The number of rotatable bonds is 6. The summed E-state index contributed by atoms with van der Waals surface area (Å²) in [4.78, 5) is 11.6. The van der Waals surface area contributed by atoms with Crippen LogP contribution < -0.4 is 0 Å². The molecule has 0 aliphatic rings. The largest absolute Gasteiger partial charge is 0.477 e. The van der Waals surface area contributed by atoms with Gasteiger partial charge in [0, 0.05) is 0 Å². The highest BCUT2D eigenvalue weighted by molar-refractivity contribution is 9.11. The van der Waals surface area contributed by atoms with Crippen LogP contribution in [-0.4, -0.2) is 11.1 Å². The SMILES string of the molecule is CCCCC(CC)c1cc(Br)sc1C(=O)O. The molecule has 1 aromatic rings. The number of carboxylic acids is 1. The van der Waals surface area contributed by atoms with Gasteiger partial charge >= 0.3 is 5.97 Å². The van der Waals surface area contributed by atoms with Crippen molar-refractivity contribution in [3.05, 3.63) is 20.3 Å². The summed E-state index contributed by atoms with van der Waals surface area (Å²) in [5.41, 5.74) is 1.00. The molecule has 1 N–H and O–H groups in total. The van der Waals surface area contributed by atoms with E-state index in [1.165, 1.54) is 11.3 Å². The summed E-state index contributed by atoms with van der Waals surface area (Å²) in [6.45, 7) is 4.28. The summed E-state index contributed by atoms with van der Waals surface area (Å²) in [6.07, 6.45) is 4.40. The second-order valence-electron chi connectivity index (χ2n) is 3.89. The van der Waals surface area contributed by atoms with Crippen LogP contribution in [0, 0.1) is 0 Å². The van der Waals surface area contributed by atoms with Crippen LogP contribution in [0.3, 0.4) is 0 Å². The van der Waals surface area contributed by atoms with Crippen molar-refractivity contribution in [3.63, 3.8) is 0 Å². The molecule has 1 unspecified atom stereocenters. The summed E-state index contributed by atoms with van der Waals surface area (Å²) in [5.74, 6) is -0.422. The molecule has 90 valence electrons. The molecule has 16 heavy (non-hydrogen) atoms. The van der Waals surface area contributed by atoms with Crippen LogP contribution in [-0.2, 0) is 0 Å². The van der Waals surface area contributed by atoms with E-state index in [0.717, 1.165) is 35.0 Å². The van der Waals surface area contributed by atoms with Crippen LogP contribution in [0.15, 0.2) is 9.85 Å². The first-order chi connectivity index (χ1) is 7.60. The van der Waals surface area contributed by atoms with E-state index >= 15 is 0 Å². The number of thiophene rings is 1. The summed E-state index contributed by atoms with van der Waals surface area (Å²) in [6, 6.07) is 1.97. The summed E-state index contributed by atoms with van der Waals surface area (Å²) in [5, 5.41) is 9.14. The lowest BCUT2D eigenvalue weighted by Gasteiger charge is -2.13. The van der Waals surface area contributed by atoms with Gasteiger partial charge in [-0.15, -0.1) is 11.3 Å². The van der Waals surface area contributed by atoms with Gasteiger partial charge in [-0.05, 0) is 46.3 Å². The average molecular weight is 305 g/mol. The number of hydrogen-bond donors (Lipinski definition) is 1. The molecule has 0 amide bonds. The first-order valence-electron chi connectivity index (χ1n) is 5.62. The first-order valence-corrected chi connectivity index (χ1v) is 7.23. The predicted molar refractivity (Wildman–Crippen MR) is 71.5 cm³/mol. The van der Waals surface area contributed by atoms with Crippen LogP contribution in [0.1, 0.15) is 60.7 Å². The van der Waals surface area contributed by atoms with Gasteiger partial charge in [-0.1, -0.05) is 26.7 Å². The van der Waals surface area contributed by atoms with Gasteiger partial charge in [0.2, 0.25) is 0 Å². The Labute approximate surface area is 109 Å². The number of carboxylic acid groups (broad SMARTS) is 1. The van der Waals surface area contributed by atoms with Gasteiger partial charge in [-0.3, -0.25) is 0 Å².